The van der Waals surface area contributed by atoms with E-state index in [4.69, 9.17) is 9.68 Å². The zero-order valence-electron chi connectivity index (χ0n) is 24.1. The fourth-order valence-corrected chi connectivity index (χ4v) is 4.62. The normalized spacial score (nSPS) is 15.9. The molecule has 0 aliphatic carbocycles. The molecule has 1 aliphatic heterocycles. The van der Waals surface area contributed by atoms with Gasteiger partial charge in [0.1, 0.15) is 6.17 Å². The lowest BCUT2D eigenvalue weighted by Crippen LogP contribution is -2.59. The molecule has 0 amide bonds. The van der Waals surface area contributed by atoms with Crippen molar-refractivity contribution in [2.75, 3.05) is 12.0 Å². The highest BCUT2D eigenvalue weighted by molar-refractivity contribution is 5.87. The van der Waals surface area contributed by atoms with E-state index in [0.717, 1.165) is 37.9 Å². The van der Waals surface area contributed by atoms with Gasteiger partial charge in [0, 0.05) is 23.6 Å². The smallest absolute Gasteiger partial charge is 0.357 e. The van der Waals surface area contributed by atoms with Gasteiger partial charge >= 0.3 is 11.9 Å². The summed E-state index contributed by atoms with van der Waals surface area (Å²) >= 11 is 0. The lowest BCUT2D eigenvalue weighted by Gasteiger charge is -2.38. The van der Waals surface area contributed by atoms with Crippen molar-refractivity contribution in [1.29, 1.82) is 0 Å². The van der Waals surface area contributed by atoms with Gasteiger partial charge in [-0.3, -0.25) is 5.32 Å². The van der Waals surface area contributed by atoms with Gasteiger partial charge in [0.15, 0.2) is 0 Å². The van der Waals surface area contributed by atoms with Crippen molar-refractivity contribution in [2.24, 2.45) is 0 Å². The molecule has 0 aromatic heterocycles. The Hall–Kier alpha value is -4.20. The van der Waals surface area contributed by atoms with E-state index in [1.54, 1.807) is 13.8 Å². The van der Waals surface area contributed by atoms with Crippen LogP contribution in [0.1, 0.15) is 53.1 Å². The number of rotatable bonds is 13. The quantitative estimate of drug-likeness (QED) is 0.186. The summed E-state index contributed by atoms with van der Waals surface area (Å²) in [5, 5.41) is 3.25. The van der Waals surface area contributed by atoms with Crippen molar-refractivity contribution in [3.05, 3.63) is 124 Å². The van der Waals surface area contributed by atoms with Gasteiger partial charge < -0.3 is 9.68 Å². The molecule has 7 heteroatoms. The van der Waals surface area contributed by atoms with Gasteiger partial charge in [0.2, 0.25) is 0 Å². The molecule has 0 spiro atoms. The van der Waals surface area contributed by atoms with Crippen LogP contribution in [0.4, 0.5) is 5.69 Å². The predicted octanol–water partition coefficient (Wildman–Crippen LogP) is 5.65. The highest BCUT2D eigenvalue weighted by atomic mass is 16.7. The van der Waals surface area contributed by atoms with Crippen LogP contribution in [0.5, 0.6) is 0 Å². The molecule has 2 atom stereocenters. The van der Waals surface area contributed by atoms with Crippen LogP contribution in [-0.2, 0) is 44.9 Å². The number of nitrogens with one attached hydrogen (secondary N) is 3. The average Bonchev–Trinajstić information content (AvgIpc) is 2.94. The largest absolute Gasteiger partial charge is 0.365 e. The minimum absolute atomic E-state index is 0.0969. The molecule has 0 radical (unpaired) electrons. The molecule has 1 fully saturated rings. The Labute approximate surface area is 242 Å². The Morgan fingerprint density at radius 3 is 1.95 bits per heavy atom. The maximum atomic E-state index is 11.6. The summed E-state index contributed by atoms with van der Waals surface area (Å²) in [6.45, 7) is 13.4. The molecule has 0 saturated carbocycles. The van der Waals surface area contributed by atoms with Crippen LogP contribution >= 0.6 is 0 Å². The van der Waals surface area contributed by atoms with Crippen molar-refractivity contribution in [3.63, 3.8) is 0 Å². The molecular formula is C34H39N3O4. The molecule has 1 saturated heterocycles. The van der Waals surface area contributed by atoms with Crippen LogP contribution in [0.2, 0.25) is 0 Å². The summed E-state index contributed by atoms with van der Waals surface area (Å²) in [5.74, 6) is -0.667. The molecule has 3 aromatic carbocycles. The molecule has 41 heavy (non-hydrogen) atoms. The summed E-state index contributed by atoms with van der Waals surface area (Å²) in [4.78, 5) is 33.2. The Morgan fingerprint density at radius 1 is 0.805 bits per heavy atom. The minimum Gasteiger partial charge on any atom is -0.365 e. The van der Waals surface area contributed by atoms with E-state index in [1.165, 1.54) is 33.4 Å². The third kappa shape index (κ3) is 8.39. The van der Waals surface area contributed by atoms with E-state index in [2.05, 4.69) is 78.8 Å². The zero-order chi connectivity index (χ0) is 29.4. The number of carbonyl (C=O) groups is 2. The maximum absolute atomic E-state index is 11.6. The van der Waals surface area contributed by atoms with E-state index in [0.29, 0.717) is 11.1 Å². The molecular weight excluding hydrogens is 514 g/mol. The van der Waals surface area contributed by atoms with Crippen molar-refractivity contribution in [2.45, 2.75) is 58.5 Å². The summed E-state index contributed by atoms with van der Waals surface area (Å²) in [6, 6.07) is 23.4. The SMILES string of the molecule is C=C(C)C(=O)ONc1ccc(CCc2ccc(CCc3ccc(C4CNC4NOC(=O)C(=C)C)cc3)cc2C)cc1. The first-order chi connectivity index (χ1) is 19.7. The van der Waals surface area contributed by atoms with Crippen LogP contribution in [-0.4, -0.2) is 24.6 Å². The molecule has 0 bridgehead atoms. The molecule has 4 rings (SSSR count). The number of hydrogen-bond donors (Lipinski definition) is 3. The van der Waals surface area contributed by atoms with Gasteiger partial charge in [-0.1, -0.05) is 67.8 Å². The van der Waals surface area contributed by atoms with E-state index in [9.17, 15) is 9.59 Å². The van der Waals surface area contributed by atoms with Gasteiger partial charge in [0.25, 0.3) is 0 Å². The van der Waals surface area contributed by atoms with Crippen LogP contribution < -0.4 is 16.3 Å². The molecule has 2 unspecified atom stereocenters. The van der Waals surface area contributed by atoms with E-state index < -0.39 is 11.9 Å². The molecule has 1 heterocycles. The lowest BCUT2D eigenvalue weighted by molar-refractivity contribution is -0.150. The third-order valence-electron chi connectivity index (χ3n) is 7.35. The Kier molecular flexibility index (Phi) is 10.1. The van der Waals surface area contributed by atoms with Crippen LogP contribution in [0.15, 0.2) is 91.0 Å². The minimum atomic E-state index is -0.472. The number of anilines is 1. The highest BCUT2D eigenvalue weighted by Crippen LogP contribution is 2.25. The third-order valence-corrected chi connectivity index (χ3v) is 7.35. The van der Waals surface area contributed by atoms with Crippen molar-refractivity contribution in [1.82, 2.24) is 10.8 Å². The second-order valence-electron chi connectivity index (χ2n) is 10.8. The van der Waals surface area contributed by atoms with E-state index in [-0.39, 0.29) is 12.1 Å². The summed E-state index contributed by atoms with van der Waals surface area (Å²) < 4.78 is 0. The molecule has 3 N–H and O–H groups in total. The molecule has 214 valence electrons. The first-order valence-corrected chi connectivity index (χ1v) is 13.9. The predicted molar refractivity (Wildman–Crippen MR) is 162 cm³/mol. The monoisotopic (exact) mass is 553 g/mol. The number of aryl methyl sites for hydroxylation is 5. The Bertz CT molecular complexity index is 1400. The van der Waals surface area contributed by atoms with Gasteiger partial charge in [-0.2, -0.15) is 0 Å². The molecule has 1 aliphatic rings. The van der Waals surface area contributed by atoms with Crippen LogP contribution in [0.3, 0.4) is 0 Å². The fraction of sp³-hybridized carbons (Fsp3) is 0.294. The van der Waals surface area contributed by atoms with Crippen molar-refractivity contribution in [3.8, 4) is 0 Å². The first kappa shape index (κ1) is 29.8. The van der Waals surface area contributed by atoms with Crippen molar-refractivity contribution >= 4 is 17.6 Å². The lowest BCUT2D eigenvalue weighted by atomic mass is 9.89. The second kappa shape index (κ2) is 13.9. The number of hydroxylamine groups is 1. The summed E-state index contributed by atoms with van der Waals surface area (Å²) in [6.07, 6.45) is 3.75. The highest BCUT2D eigenvalue weighted by Gasteiger charge is 2.32. The first-order valence-electron chi connectivity index (χ1n) is 13.9. The van der Waals surface area contributed by atoms with Crippen LogP contribution in [0, 0.1) is 6.92 Å². The average molecular weight is 554 g/mol. The Balaban J connectivity index is 1.22. The van der Waals surface area contributed by atoms with Crippen LogP contribution in [0.25, 0.3) is 0 Å². The van der Waals surface area contributed by atoms with Gasteiger partial charge in [-0.05, 0) is 92.0 Å². The number of carbonyl (C=O) groups excluding carboxylic acids is 2. The van der Waals surface area contributed by atoms with Gasteiger partial charge in [0.05, 0.1) is 5.69 Å². The number of benzene rings is 3. The number of hydrogen-bond acceptors (Lipinski definition) is 7. The van der Waals surface area contributed by atoms with E-state index in [1.807, 2.05) is 24.3 Å². The standard InChI is InChI=1S/C34H39N3O4/c1-22(2)33(38)40-36-30-18-12-26(13-19-30)8-14-28-15-11-27(20-24(28)5)7-6-25-9-16-29(17-10-25)31-21-35-32(31)37-41-34(39)23(3)4/h9-13,15-20,31-32,35-37H,1,3,6-8,14,21H2,2,4-5H3. The fourth-order valence-electron chi connectivity index (χ4n) is 4.62. The van der Waals surface area contributed by atoms with Gasteiger partial charge in [-0.25, -0.2) is 15.1 Å². The summed E-state index contributed by atoms with van der Waals surface area (Å²) in [5.41, 5.74) is 14.6. The zero-order valence-corrected chi connectivity index (χ0v) is 24.1. The van der Waals surface area contributed by atoms with Crippen molar-refractivity contribution < 1.29 is 19.3 Å². The Morgan fingerprint density at radius 2 is 1.37 bits per heavy atom. The van der Waals surface area contributed by atoms with Gasteiger partial charge in [-0.15, -0.1) is 5.48 Å². The topological polar surface area (TPSA) is 88.7 Å². The van der Waals surface area contributed by atoms with E-state index >= 15 is 0 Å². The molecule has 3 aromatic rings. The molecule has 7 nitrogen and oxygen atoms in total. The maximum Gasteiger partial charge on any atom is 0.357 e. The summed E-state index contributed by atoms with van der Waals surface area (Å²) in [7, 11) is 0. The second-order valence-corrected chi connectivity index (χ2v) is 10.8.